The maximum Gasteiger partial charge on any atom is 0.226 e. The SMILES string of the molecule is CN(C)c1cc(NC2CCN(C(=O)C3CCNC(=O)C3)CC2)ncn1. The Morgan fingerprint density at radius 1 is 1.28 bits per heavy atom. The van der Waals surface area contributed by atoms with E-state index < -0.39 is 0 Å². The minimum Gasteiger partial charge on any atom is -0.367 e. The molecule has 8 nitrogen and oxygen atoms in total. The number of hydrogen-bond acceptors (Lipinski definition) is 6. The first-order chi connectivity index (χ1) is 12.0. The van der Waals surface area contributed by atoms with Gasteiger partial charge in [-0.1, -0.05) is 0 Å². The highest BCUT2D eigenvalue weighted by Gasteiger charge is 2.31. The van der Waals surface area contributed by atoms with E-state index in [1.54, 1.807) is 6.33 Å². The molecule has 2 aliphatic heterocycles. The van der Waals surface area contributed by atoms with E-state index in [4.69, 9.17) is 0 Å². The molecule has 3 rings (SSSR count). The minimum absolute atomic E-state index is 0.0124. The van der Waals surface area contributed by atoms with Crippen molar-refractivity contribution in [3.8, 4) is 0 Å². The third-order valence-electron chi connectivity index (χ3n) is 4.87. The number of nitrogens with zero attached hydrogens (tertiary/aromatic N) is 4. The van der Waals surface area contributed by atoms with Gasteiger partial charge in [-0.3, -0.25) is 9.59 Å². The molecule has 0 saturated carbocycles. The molecule has 2 aliphatic rings. The Labute approximate surface area is 148 Å². The molecular weight excluding hydrogens is 320 g/mol. The summed E-state index contributed by atoms with van der Waals surface area (Å²) in [6.07, 6.45) is 4.39. The molecule has 136 valence electrons. The fourth-order valence-electron chi connectivity index (χ4n) is 3.38. The van der Waals surface area contributed by atoms with Crippen molar-refractivity contribution in [2.45, 2.75) is 31.7 Å². The summed E-state index contributed by atoms with van der Waals surface area (Å²) in [5.41, 5.74) is 0. The van der Waals surface area contributed by atoms with Crippen LogP contribution in [0.15, 0.2) is 12.4 Å². The van der Waals surface area contributed by atoms with Crippen LogP contribution < -0.4 is 15.5 Å². The van der Waals surface area contributed by atoms with Crippen molar-refractivity contribution in [2.24, 2.45) is 5.92 Å². The minimum atomic E-state index is -0.150. The molecule has 8 heteroatoms. The highest BCUT2D eigenvalue weighted by Crippen LogP contribution is 2.21. The quantitative estimate of drug-likeness (QED) is 0.824. The molecule has 2 fully saturated rings. The average Bonchev–Trinajstić information content (AvgIpc) is 2.62. The van der Waals surface area contributed by atoms with Gasteiger partial charge >= 0.3 is 0 Å². The third-order valence-corrected chi connectivity index (χ3v) is 4.87. The number of carbonyl (C=O) groups is 2. The predicted molar refractivity (Wildman–Crippen MR) is 95.3 cm³/mol. The lowest BCUT2D eigenvalue weighted by molar-refractivity contribution is -0.140. The van der Waals surface area contributed by atoms with Gasteiger partial charge in [0, 0.05) is 58.2 Å². The van der Waals surface area contributed by atoms with Gasteiger partial charge in [0.05, 0.1) is 0 Å². The van der Waals surface area contributed by atoms with Gasteiger partial charge in [-0.25, -0.2) is 9.97 Å². The Bertz CT molecular complexity index is 627. The van der Waals surface area contributed by atoms with E-state index in [1.165, 1.54) is 0 Å². The lowest BCUT2D eigenvalue weighted by atomic mass is 9.94. The Kier molecular flexibility index (Phi) is 5.35. The molecular formula is C17H26N6O2. The van der Waals surface area contributed by atoms with E-state index in [0.717, 1.165) is 44.0 Å². The van der Waals surface area contributed by atoms with E-state index in [1.807, 2.05) is 30.0 Å². The van der Waals surface area contributed by atoms with Crippen LogP contribution in [0.4, 0.5) is 11.6 Å². The maximum atomic E-state index is 12.6. The van der Waals surface area contributed by atoms with E-state index in [9.17, 15) is 9.59 Å². The van der Waals surface area contributed by atoms with Crippen LogP contribution in [-0.2, 0) is 9.59 Å². The molecule has 0 aromatic carbocycles. The molecule has 2 amide bonds. The van der Waals surface area contributed by atoms with Crippen molar-refractivity contribution in [1.29, 1.82) is 0 Å². The highest BCUT2D eigenvalue weighted by atomic mass is 16.2. The maximum absolute atomic E-state index is 12.6. The van der Waals surface area contributed by atoms with E-state index in [0.29, 0.717) is 19.0 Å². The number of carbonyl (C=O) groups excluding carboxylic acids is 2. The Balaban J connectivity index is 1.51. The summed E-state index contributed by atoms with van der Waals surface area (Å²) in [6, 6.07) is 2.22. The van der Waals surface area contributed by atoms with Crippen molar-refractivity contribution in [2.75, 3.05) is 43.9 Å². The fourth-order valence-corrected chi connectivity index (χ4v) is 3.38. The lowest BCUT2D eigenvalue weighted by Crippen LogP contribution is -2.47. The number of piperidine rings is 2. The van der Waals surface area contributed by atoms with Gasteiger partial charge in [0.25, 0.3) is 0 Å². The van der Waals surface area contributed by atoms with Gasteiger partial charge in [0.15, 0.2) is 0 Å². The average molecular weight is 346 g/mol. The summed E-state index contributed by atoms with van der Waals surface area (Å²) in [5.74, 6) is 1.64. The standard InChI is InChI=1S/C17H26N6O2/c1-22(2)15-10-14(19-11-20-15)21-13-4-7-23(8-5-13)17(25)12-3-6-18-16(24)9-12/h10-13H,3-9H2,1-2H3,(H,18,24)(H,19,20,21). The van der Waals surface area contributed by atoms with Gasteiger partial charge in [0.1, 0.15) is 18.0 Å². The molecule has 1 aromatic rings. The van der Waals surface area contributed by atoms with Gasteiger partial charge in [-0.15, -0.1) is 0 Å². The summed E-state index contributed by atoms with van der Waals surface area (Å²) in [5, 5.41) is 6.22. The van der Waals surface area contributed by atoms with Crippen molar-refractivity contribution in [3.63, 3.8) is 0 Å². The number of anilines is 2. The third kappa shape index (κ3) is 4.37. The first-order valence-corrected chi connectivity index (χ1v) is 8.84. The van der Waals surface area contributed by atoms with Crippen LogP contribution in [-0.4, -0.2) is 66.5 Å². The molecule has 25 heavy (non-hydrogen) atoms. The zero-order valence-corrected chi connectivity index (χ0v) is 14.9. The molecule has 0 spiro atoms. The van der Waals surface area contributed by atoms with Gasteiger partial charge in [-0.05, 0) is 19.3 Å². The first-order valence-electron chi connectivity index (χ1n) is 8.84. The summed E-state index contributed by atoms with van der Waals surface area (Å²) in [7, 11) is 3.89. The molecule has 0 radical (unpaired) electrons. The normalized spacial score (nSPS) is 21.6. The molecule has 3 heterocycles. The second-order valence-corrected chi connectivity index (χ2v) is 6.94. The Hall–Kier alpha value is -2.38. The molecule has 1 aromatic heterocycles. The zero-order valence-electron chi connectivity index (χ0n) is 14.9. The van der Waals surface area contributed by atoms with Gasteiger partial charge in [-0.2, -0.15) is 0 Å². The van der Waals surface area contributed by atoms with Crippen LogP contribution in [0.5, 0.6) is 0 Å². The Morgan fingerprint density at radius 2 is 2.04 bits per heavy atom. The van der Waals surface area contributed by atoms with E-state index >= 15 is 0 Å². The van der Waals surface area contributed by atoms with Crippen LogP contribution in [0.1, 0.15) is 25.7 Å². The number of aromatic nitrogens is 2. The number of rotatable bonds is 4. The van der Waals surface area contributed by atoms with Crippen molar-refractivity contribution in [1.82, 2.24) is 20.2 Å². The number of amides is 2. The summed E-state index contributed by atoms with van der Waals surface area (Å²) in [4.78, 5) is 36.4. The number of hydrogen-bond donors (Lipinski definition) is 2. The van der Waals surface area contributed by atoms with Crippen molar-refractivity contribution in [3.05, 3.63) is 12.4 Å². The fraction of sp³-hybridized carbons (Fsp3) is 0.647. The van der Waals surface area contributed by atoms with Crippen LogP contribution in [0, 0.1) is 5.92 Å². The predicted octanol–water partition coefficient (Wildman–Crippen LogP) is 0.472. The molecule has 0 aliphatic carbocycles. The Morgan fingerprint density at radius 3 is 2.72 bits per heavy atom. The van der Waals surface area contributed by atoms with Crippen LogP contribution in [0.3, 0.4) is 0 Å². The van der Waals surface area contributed by atoms with Crippen LogP contribution >= 0.6 is 0 Å². The first kappa shape index (κ1) is 17.4. The van der Waals surface area contributed by atoms with Gasteiger partial charge in [0.2, 0.25) is 11.8 Å². The summed E-state index contributed by atoms with van der Waals surface area (Å²) in [6.45, 7) is 2.05. The summed E-state index contributed by atoms with van der Waals surface area (Å²) >= 11 is 0. The van der Waals surface area contributed by atoms with E-state index in [-0.39, 0.29) is 17.7 Å². The molecule has 1 unspecified atom stereocenters. The van der Waals surface area contributed by atoms with Crippen molar-refractivity contribution >= 4 is 23.5 Å². The molecule has 2 saturated heterocycles. The number of nitrogens with one attached hydrogen (secondary N) is 2. The topological polar surface area (TPSA) is 90.5 Å². The van der Waals surface area contributed by atoms with Crippen LogP contribution in [0.25, 0.3) is 0 Å². The molecule has 2 N–H and O–H groups in total. The highest BCUT2D eigenvalue weighted by molar-refractivity contribution is 5.87. The monoisotopic (exact) mass is 346 g/mol. The van der Waals surface area contributed by atoms with Gasteiger partial charge < -0.3 is 20.4 Å². The van der Waals surface area contributed by atoms with Crippen molar-refractivity contribution < 1.29 is 9.59 Å². The second-order valence-electron chi connectivity index (χ2n) is 6.94. The smallest absolute Gasteiger partial charge is 0.226 e. The van der Waals surface area contributed by atoms with Crippen LogP contribution in [0.2, 0.25) is 0 Å². The second kappa shape index (κ2) is 7.67. The van der Waals surface area contributed by atoms with E-state index in [2.05, 4.69) is 20.6 Å². The molecule has 0 bridgehead atoms. The lowest BCUT2D eigenvalue weighted by Gasteiger charge is -2.35. The largest absolute Gasteiger partial charge is 0.367 e. The molecule has 1 atom stereocenters. The zero-order chi connectivity index (χ0) is 17.8. The number of likely N-dealkylation sites (tertiary alicyclic amines) is 1. The summed E-state index contributed by atoms with van der Waals surface area (Å²) < 4.78 is 0.